The van der Waals surface area contributed by atoms with Crippen molar-refractivity contribution in [3.8, 4) is 0 Å². The highest BCUT2D eigenvalue weighted by Crippen LogP contribution is 2.10. The molecule has 0 aliphatic carbocycles. The molecule has 0 aliphatic heterocycles. The van der Waals surface area contributed by atoms with Crippen LogP contribution < -0.4 is 26.6 Å². The lowest BCUT2D eigenvalue weighted by Crippen LogP contribution is -2.58. The highest BCUT2D eigenvalue weighted by atomic mass is 32.2. The molecule has 0 heterocycles. The van der Waals surface area contributed by atoms with E-state index in [-0.39, 0.29) is 25.4 Å². The van der Waals surface area contributed by atoms with E-state index in [0.29, 0.717) is 24.1 Å². The van der Waals surface area contributed by atoms with Gasteiger partial charge in [-0.2, -0.15) is 11.8 Å². The van der Waals surface area contributed by atoms with E-state index in [9.17, 15) is 33.9 Å². The van der Waals surface area contributed by atoms with Crippen molar-refractivity contribution in [1.82, 2.24) is 26.6 Å². The number of carbonyl (C=O) groups excluding carboxylic acids is 5. The van der Waals surface area contributed by atoms with Crippen molar-refractivity contribution in [2.75, 3.05) is 18.6 Å². The van der Waals surface area contributed by atoms with Crippen molar-refractivity contribution in [3.63, 3.8) is 0 Å². The number of amides is 5. The van der Waals surface area contributed by atoms with E-state index in [2.05, 4.69) is 26.6 Å². The molecule has 13 nitrogen and oxygen atoms in total. The minimum atomic E-state index is -1.52. The molecule has 250 valence electrons. The summed E-state index contributed by atoms with van der Waals surface area (Å²) in [5.41, 5.74) is 1.43. The number of aliphatic carboxylic acids is 1. The number of thioether (sulfide) groups is 1. The summed E-state index contributed by atoms with van der Waals surface area (Å²) in [5.74, 6) is -2.65. The van der Waals surface area contributed by atoms with Crippen LogP contribution in [0.4, 0.5) is 4.79 Å². The monoisotopic (exact) mass is 657 g/mol. The molecule has 0 bridgehead atoms. The van der Waals surface area contributed by atoms with Gasteiger partial charge in [-0.15, -0.1) is 0 Å². The van der Waals surface area contributed by atoms with Crippen molar-refractivity contribution in [2.24, 2.45) is 5.92 Å². The van der Waals surface area contributed by atoms with E-state index >= 15 is 0 Å². The smallest absolute Gasteiger partial charge is 0.408 e. The largest absolute Gasteiger partial charge is 0.480 e. The number of nitrogens with one attached hydrogen (secondary N) is 5. The normalized spacial score (nSPS) is 13.3. The highest BCUT2D eigenvalue weighted by Gasteiger charge is 2.30. The molecule has 0 radical (unpaired) electrons. The third-order valence-corrected chi connectivity index (χ3v) is 7.38. The van der Waals surface area contributed by atoms with Gasteiger partial charge in [0.1, 0.15) is 30.8 Å². The van der Waals surface area contributed by atoms with Crippen LogP contribution in [0.25, 0.3) is 0 Å². The number of carbonyl (C=O) groups is 6. The Bertz CT molecular complexity index is 1280. The average Bonchev–Trinajstić information content (AvgIpc) is 3.03. The first-order chi connectivity index (χ1) is 22.0. The molecule has 5 amide bonds. The maximum absolute atomic E-state index is 13.5. The summed E-state index contributed by atoms with van der Waals surface area (Å²) >= 11 is 1.51. The fraction of sp³-hybridized carbons (Fsp3) is 0.438. The molecular formula is C32H43N5O8S. The minimum Gasteiger partial charge on any atom is -0.480 e. The van der Waals surface area contributed by atoms with E-state index in [0.717, 1.165) is 5.56 Å². The van der Waals surface area contributed by atoms with Crippen LogP contribution in [0.5, 0.6) is 0 Å². The summed E-state index contributed by atoms with van der Waals surface area (Å²) in [4.78, 5) is 75.1. The van der Waals surface area contributed by atoms with Crippen molar-refractivity contribution in [3.05, 3.63) is 71.8 Å². The second kappa shape index (κ2) is 20.4. The molecule has 0 spiro atoms. The van der Waals surface area contributed by atoms with E-state index < -0.39 is 60.5 Å². The van der Waals surface area contributed by atoms with Crippen LogP contribution in [0.3, 0.4) is 0 Å². The lowest BCUT2D eigenvalue weighted by molar-refractivity contribution is -0.139. The number of benzene rings is 2. The summed E-state index contributed by atoms with van der Waals surface area (Å²) in [6.45, 7) is 3.18. The molecule has 2 aromatic rings. The van der Waals surface area contributed by atoms with Gasteiger partial charge in [-0.3, -0.25) is 19.2 Å². The quantitative estimate of drug-likeness (QED) is 0.115. The molecule has 0 fully saturated rings. The zero-order chi connectivity index (χ0) is 33.9. The van der Waals surface area contributed by atoms with Crippen molar-refractivity contribution in [2.45, 2.75) is 63.9 Å². The Kier molecular flexibility index (Phi) is 16.7. The van der Waals surface area contributed by atoms with E-state index in [1.807, 2.05) is 20.1 Å². The lowest BCUT2D eigenvalue weighted by atomic mass is 10.0. The van der Waals surface area contributed by atoms with Crippen LogP contribution in [-0.2, 0) is 41.7 Å². The van der Waals surface area contributed by atoms with E-state index in [4.69, 9.17) is 4.74 Å². The van der Waals surface area contributed by atoms with Gasteiger partial charge >= 0.3 is 12.1 Å². The third kappa shape index (κ3) is 14.0. The van der Waals surface area contributed by atoms with Crippen molar-refractivity contribution in [1.29, 1.82) is 0 Å². The first-order valence-electron chi connectivity index (χ1n) is 14.8. The highest BCUT2D eigenvalue weighted by molar-refractivity contribution is 7.98. The van der Waals surface area contributed by atoms with Gasteiger partial charge in [-0.25, -0.2) is 9.59 Å². The Morgan fingerprint density at radius 1 is 0.804 bits per heavy atom. The first-order valence-corrected chi connectivity index (χ1v) is 16.2. The van der Waals surface area contributed by atoms with Crippen LogP contribution >= 0.6 is 11.8 Å². The number of hydrogen-bond acceptors (Lipinski definition) is 8. The van der Waals surface area contributed by atoms with E-state index in [1.54, 1.807) is 60.7 Å². The van der Waals surface area contributed by atoms with Crippen LogP contribution in [0, 0.1) is 5.92 Å². The molecule has 6 N–H and O–H groups in total. The van der Waals surface area contributed by atoms with Gasteiger partial charge in [-0.1, -0.05) is 74.5 Å². The molecule has 14 heteroatoms. The standard InChI is InChI=1S/C32H43N5O8S/c1-21(2)16-25(35-29(40)24(34-20-38)14-15-46-3)30(41)36-26(17-22-10-6-4-7-11-22)28(39)33-18-27(31(42)43)37-32(44)45-19-23-12-8-5-9-13-23/h4-13,20-21,24-27H,14-19H2,1-3H3,(H,33,39)(H,34,38)(H,35,40)(H,36,41)(H,37,44)(H,42,43)/t24-,25-,26-,27-/m0/s1. The fourth-order valence-corrected chi connectivity index (χ4v) is 4.82. The molecule has 2 rings (SSSR count). The fourth-order valence-electron chi connectivity index (χ4n) is 4.35. The summed E-state index contributed by atoms with van der Waals surface area (Å²) in [5, 5.41) is 22.3. The Morgan fingerprint density at radius 2 is 1.39 bits per heavy atom. The first kappa shape index (κ1) is 37.6. The van der Waals surface area contributed by atoms with Crippen LogP contribution in [-0.4, -0.2) is 84.0 Å². The maximum Gasteiger partial charge on any atom is 0.408 e. The number of carboxylic acids is 1. The summed E-state index contributed by atoms with van der Waals surface area (Å²) in [6, 6.07) is 13.2. The zero-order valence-corrected chi connectivity index (χ0v) is 27.0. The Hall–Kier alpha value is -4.59. The SMILES string of the molecule is CSCC[C@H](NC=O)C(=O)N[C@@H](CC(C)C)C(=O)N[C@@H](Cc1ccccc1)C(=O)NC[C@H](NC(=O)OCc1ccccc1)C(=O)O. The number of alkyl carbamates (subject to hydrolysis) is 1. The van der Waals surface area contributed by atoms with Crippen LogP contribution in [0.15, 0.2) is 60.7 Å². The predicted octanol–water partition coefficient (Wildman–Crippen LogP) is 1.61. The molecule has 2 aromatic carbocycles. The van der Waals surface area contributed by atoms with Crippen molar-refractivity contribution >= 4 is 48.0 Å². The van der Waals surface area contributed by atoms with E-state index in [1.165, 1.54) is 11.8 Å². The molecule has 0 unspecified atom stereocenters. The Balaban J connectivity index is 2.14. The molecule has 0 saturated heterocycles. The van der Waals surface area contributed by atoms with Gasteiger partial charge in [0.2, 0.25) is 24.1 Å². The number of rotatable bonds is 20. The molecule has 0 aliphatic rings. The molecule has 0 saturated carbocycles. The van der Waals surface area contributed by atoms with Crippen LogP contribution in [0.1, 0.15) is 37.8 Å². The molecule has 4 atom stereocenters. The molecule has 0 aromatic heterocycles. The number of carboxylic acid groups (broad SMARTS) is 1. The Labute approximate surface area is 273 Å². The van der Waals surface area contributed by atoms with Crippen LogP contribution in [0.2, 0.25) is 0 Å². The second-order valence-corrected chi connectivity index (χ2v) is 11.9. The topological polar surface area (TPSA) is 192 Å². The van der Waals surface area contributed by atoms with Gasteiger partial charge < -0.3 is 36.4 Å². The lowest BCUT2D eigenvalue weighted by Gasteiger charge is -2.26. The van der Waals surface area contributed by atoms with Gasteiger partial charge in [0, 0.05) is 13.0 Å². The summed E-state index contributed by atoms with van der Waals surface area (Å²) < 4.78 is 5.10. The summed E-state index contributed by atoms with van der Waals surface area (Å²) in [7, 11) is 0. The van der Waals surface area contributed by atoms with Gasteiger partial charge in [0.15, 0.2) is 0 Å². The van der Waals surface area contributed by atoms with Gasteiger partial charge in [-0.05, 0) is 41.9 Å². The predicted molar refractivity (Wildman–Crippen MR) is 174 cm³/mol. The van der Waals surface area contributed by atoms with Gasteiger partial charge in [0.25, 0.3) is 0 Å². The number of ether oxygens (including phenoxy) is 1. The molecule has 46 heavy (non-hydrogen) atoms. The number of hydrogen-bond donors (Lipinski definition) is 6. The Morgan fingerprint density at radius 3 is 1.96 bits per heavy atom. The minimum absolute atomic E-state index is 0.00910. The zero-order valence-electron chi connectivity index (χ0n) is 26.2. The van der Waals surface area contributed by atoms with Crippen molar-refractivity contribution < 1.29 is 38.6 Å². The average molecular weight is 658 g/mol. The van der Waals surface area contributed by atoms with Gasteiger partial charge in [0.05, 0.1) is 0 Å². The molecular weight excluding hydrogens is 614 g/mol. The third-order valence-electron chi connectivity index (χ3n) is 6.74. The second-order valence-electron chi connectivity index (χ2n) is 10.9. The summed E-state index contributed by atoms with van der Waals surface area (Å²) in [6.07, 6.45) is 2.00. The maximum atomic E-state index is 13.5.